The molecule has 0 radical (unpaired) electrons. The van der Waals surface area contributed by atoms with Gasteiger partial charge in [0.15, 0.2) is 5.96 Å². The first-order valence-corrected chi connectivity index (χ1v) is 7.39. The number of aliphatic imine (C=N–C) groups is 1. The third kappa shape index (κ3) is 9.84. The summed E-state index contributed by atoms with van der Waals surface area (Å²) in [5.41, 5.74) is 0.573. The standard InChI is InChI=1S/C16H24F3N3O.HI/c1-15(2,3)23-13-8-6-5-7-12(13)11-22-14(20-4)21-10-9-16(17,18)19;/h5-8H,9-11H2,1-4H3,(H2,20,21,22);1H. The van der Waals surface area contributed by atoms with Crippen molar-refractivity contribution in [3.63, 3.8) is 0 Å². The second kappa shape index (κ2) is 9.95. The largest absolute Gasteiger partial charge is 0.488 e. The second-order valence-electron chi connectivity index (χ2n) is 6.04. The number of nitrogens with zero attached hydrogens (tertiary/aromatic N) is 1. The molecule has 1 aromatic carbocycles. The molecule has 0 bridgehead atoms. The highest BCUT2D eigenvalue weighted by molar-refractivity contribution is 14.0. The van der Waals surface area contributed by atoms with E-state index < -0.39 is 12.6 Å². The van der Waals surface area contributed by atoms with E-state index in [2.05, 4.69) is 15.6 Å². The van der Waals surface area contributed by atoms with Crippen LogP contribution in [0.4, 0.5) is 13.2 Å². The molecule has 0 heterocycles. The van der Waals surface area contributed by atoms with Crippen molar-refractivity contribution >= 4 is 29.9 Å². The molecule has 1 aromatic rings. The third-order valence-electron chi connectivity index (χ3n) is 2.76. The van der Waals surface area contributed by atoms with Gasteiger partial charge in [-0.3, -0.25) is 4.99 Å². The van der Waals surface area contributed by atoms with Crippen LogP contribution in [-0.2, 0) is 6.54 Å². The Labute approximate surface area is 158 Å². The van der Waals surface area contributed by atoms with Crippen molar-refractivity contribution < 1.29 is 17.9 Å². The monoisotopic (exact) mass is 459 g/mol. The zero-order valence-corrected chi connectivity index (χ0v) is 16.7. The fourth-order valence-electron chi connectivity index (χ4n) is 1.80. The zero-order valence-electron chi connectivity index (χ0n) is 14.3. The van der Waals surface area contributed by atoms with Crippen molar-refractivity contribution in [2.24, 2.45) is 4.99 Å². The number of guanidine groups is 1. The predicted octanol–water partition coefficient (Wildman–Crippen LogP) is 4.10. The summed E-state index contributed by atoms with van der Waals surface area (Å²) in [5, 5.41) is 5.63. The topological polar surface area (TPSA) is 45.7 Å². The Balaban J connectivity index is 0.00000529. The van der Waals surface area contributed by atoms with Gasteiger partial charge in [-0.15, -0.1) is 24.0 Å². The molecular formula is C16H25F3IN3O. The lowest BCUT2D eigenvalue weighted by Gasteiger charge is -2.23. The van der Waals surface area contributed by atoms with E-state index in [-0.39, 0.29) is 36.1 Å². The Morgan fingerprint density at radius 2 is 1.75 bits per heavy atom. The van der Waals surface area contributed by atoms with Crippen molar-refractivity contribution in [2.45, 2.75) is 45.5 Å². The normalized spacial score (nSPS) is 12.4. The first kappa shape index (κ1) is 22.8. The van der Waals surface area contributed by atoms with Gasteiger partial charge in [-0.1, -0.05) is 18.2 Å². The maximum absolute atomic E-state index is 12.2. The molecule has 24 heavy (non-hydrogen) atoms. The van der Waals surface area contributed by atoms with E-state index in [1.807, 2.05) is 45.0 Å². The van der Waals surface area contributed by atoms with Gasteiger partial charge in [0.1, 0.15) is 11.4 Å². The van der Waals surface area contributed by atoms with E-state index in [0.717, 1.165) is 11.3 Å². The number of rotatable bonds is 5. The summed E-state index contributed by atoms with van der Waals surface area (Å²) in [6.45, 7) is 6.04. The number of hydrogen-bond donors (Lipinski definition) is 2. The van der Waals surface area contributed by atoms with Crippen LogP contribution < -0.4 is 15.4 Å². The van der Waals surface area contributed by atoms with Crippen LogP contribution in [-0.4, -0.2) is 31.3 Å². The van der Waals surface area contributed by atoms with Crippen LogP contribution >= 0.6 is 24.0 Å². The van der Waals surface area contributed by atoms with Crippen LogP contribution in [0.3, 0.4) is 0 Å². The van der Waals surface area contributed by atoms with E-state index in [1.54, 1.807) is 0 Å². The van der Waals surface area contributed by atoms with Gasteiger partial charge in [-0.25, -0.2) is 0 Å². The summed E-state index contributed by atoms with van der Waals surface area (Å²) < 4.78 is 42.3. The summed E-state index contributed by atoms with van der Waals surface area (Å²) >= 11 is 0. The summed E-state index contributed by atoms with van der Waals surface area (Å²) in [7, 11) is 1.51. The molecule has 0 spiro atoms. The predicted molar refractivity (Wildman–Crippen MR) is 101 cm³/mol. The van der Waals surface area contributed by atoms with Gasteiger partial charge in [0, 0.05) is 25.7 Å². The smallest absolute Gasteiger partial charge is 0.390 e. The lowest BCUT2D eigenvalue weighted by atomic mass is 10.1. The molecule has 0 aliphatic carbocycles. The summed E-state index contributed by atoms with van der Waals surface area (Å²) in [6.07, 6.45) is -5.09. The van der Waals surface area contributed by atoms with Crippen molar-refractivity contribution in [1.29, 1.82) is 0 Å². The van der Waals surface area contributed by atoms with E-state index in [4.69, 9.17) is 4.74 Å². The van der Waals surface area contributed by atoms with Gasteiger partial charge < -0.3 is 15.4 Å². The number of benzene rings is 1. The van der Waals surface area contributed by atoms with Gasteiger partial charge in [0.05, 0.1) is 6.42 Å². The summed E-state index contributed by atoms with van der Waals surface area (Å²) in [6, 6.07) is 7.52. The number of alkyl halides is 3. The van der Waals surface area contributed by atoms with Crippen LogP contribution in [0.25, 0.3) is 0 Å². The molecule has 1 rings (SSSR count). The zero-order chi connectivity index (χ0) is 17.5. The molecule has 0 aliphatic heterocycles. The SMILES string of the molecule is CN=C(NCCC(F)(F)F)NCc1ccccc1OC(C)(C)C.I. The van der Waals surface area contributed by atoms with Crippen LogP contribution in [0.2, 0.25) is 0 Å². The Bertz CT molecular complexity index is 528. The molecule has 0 saturated heterocycles. The van der Waals surface area contributed by atoms with E-state index in [9.17, 15) is 13.2 Å². The number of hydrogen-bond acceptors (Lipinski definition) is 2. The van der Waals surface area contributed by atoms with Crippen LogP contribution in [0.5, 0.6) is 5.75 Å². The second-order valence-corrected chi connectivity index (χ2v) is 6.04. The molecule has 0 fully saturated rings. The molecule has 0 aromatic heterocycles. The van der Waals surface area contributed by atoms with E-state index in [0.29, 0.717) is 12.5 Å². The highest BCUT2D eigenvalue weighted by Crippen LogP contribution is 2.22. The highest BCUT2D eigenvalue weighted by Gasteiger charge is 2.26. The van der Waals surface area contributed by atoms with Crippen molar-refractivity contribution in [2.75, 3.05) is 13.6 Å². The van der Waals surface area contributed by atoms with Gasteiger partial charge in [0.25, 0.3) is 0 Å². The average Bonchev–Trinajstić information content (AvgIpc) is 2.41. The molecule has 8 heteroatoms. The lowest BCUT2D eigenvalue weighted by Crippen LogP contribution is -2.38. The van der Waals surface area contributed by atoms with Gasteiger partial charge in [0.2, 0.25) is 0 Å². The highest BCUT2D eigenvalue weighted by atomic mass is 127. The molecule has 0 saturated carbocycles. The molecule has 4 nitrogen and oxygen atoms in total. The first-order chi connectivity index (χ1) is 10.6. The third-order valence-corrected chi connectivity index (χ3v) is 2.76. The minimum Gasteiger partial charge on any atom is -0.488 e. The van der Waals surface area contributed by atoms with E-state index in [1.165, 1.54) is 7.05 Å². The first-order valence-electron chi connectivity index (χ1n) is 7.39. The van der Waals surface area contributed by atoms with Crippen LogP contribution in [0.1, 0.15) is 32.8 Å². The average molecular weight is 459 g/mol. The Kier molecular flexibility index (Phi) is 9.46. The molecule has 138 valence electrons. The van der Waals surface area contributed by atoms with Gasteiger partial charge in [-0.05, 0) is 26.8 Å². The van der Waals surface area contributed by atoms with Crippen LogP contribution in [0, 0.1) is 0 Å². The molecule has 0 unspecified atom stereocenters. The number of ether oxygens (including phenoxy) is 1. The molecule has 0 aliphatic rings. The minimum atomic E-state index is -4.18. The van der Waals surface area contributed by atoms with Crippen molar-refractivity contribution in [3.8, 4) is 5.75 Å². The Morgan fingerprint density at radius 1 is 1.12 bits per heavy atom. The summed E-state index contributed by atoms with van der Waals surface area (Å²) in [4.78, 5) is 3.91. The van der Waals surface area contributed by atoms with Crippen LogP contribution in [0.15, 0.2) is 29.3 Å². The Morgan fingerprint density at radius 3 is 2.29 bits per heavy atom. The molecule has 0 atom stereocenters. The van der Waals surface area contributed by atoms with Crippen molar-refractivity contribution in [1.82, 2.24) is 10.6 Å². The fourth-order valence-corrected chi connectivity index (χ4v) is 1.80. The number of halogens is 4. The molecule has 0 amide bonds. The summed E-state index contributed by atoms with van der Waals surface area (Å²) in [5.74, 6) is 1.05. The molecule has 2 N–H and O–H groups in total. The number of para-hydroxylation sites is 1. The minimum absolute atomic E-state index is 0. The van der Waals surface area contributed by atoms with Gasteiger partial charge in [-0.2, -0.15) is 13.2 Å². The van der Waals surface area contributed by atoms with Gasteiger partial charge >= 0.3 is 6.18 Å². The maximum atomic E-state index is 12.2. The Hall–Kier alpha value is -1.19. The van der Waals surface area contributed by atoms with E-state index >= 15 is 0 Å². The number of nitrogens with one attached hydrogen (secondary N) is 2. The quantitative estimate of drug-likeness (QED) is 0.396. The maximum Gasteiger partial charge on any atom is 0.390 e. The fraction of sp³-hybridized carbons (Fsp3) is 0.562. The van der Waals surface area contributed by atoms with Crippen molar-refractivity contribution in [3.05, 3.63) is 29.8 Å². The lowest BCUT2D eigenvalue weighted by molar-refractivity contribution is -0.132. The molecular weight excluding hydrogens is 434 g/mol.